The van der Waals surface area contributed by atoms with Crippen LogP contribution in [0, 0.1) is 0 Å². The van der Waals surface area contributed by atoms with E-state index < -0.39 is 0 Å². The Hall–Kier alpha value is -1.12. The highest BCUT2D eigenvalue weighted by atomic mass is 32.1. The molecule has 1 aromatic heterocycles. The molecule has 0 saturated heterocycles. The lowest BCUT2D eigenvalue weighted by Crippen LogP contribution is -2.11. The number of thiophene rings is 1. The lowest BCUT2D eigenvalue weighted by atomic mass is 9.98. The van der Waals surface area contributed by atoms with E-state index in [0.29, 0.717) is 5.92 Å². The zero-order chi connectivity index (χ0) is 11.9. The van der Waals surface area contributed by atoms with Gasteiger partial charge in [0.05, 0.1) is 0 Å². The van der Waals surface area contributed by atoms with E-state index >= 15 is 0 Å². The van der Waals surface area contributed by atoms with Gasteiger partial charge in [0.15, 0.2) is 0 Å². The topological polar surface area (TPSA) is 26.0 Å². The minimum atomic E-state index is 0.540. The van der Waals surface area contributed by atoms with Gasteiger partial charge in [0, 0.05) is 10.8 Å². The van der Waals surface area contributed by atoms with Crippen LogP contribution in [-0.4, -0.2) is 6.54 Å². The van der Waals surface area contributed by atoms with Crippen LogP contribution >= 0.6 is 11.3 Å². The van der Waals surface area contributed by atoms with Crippen molar-refractivity contribution >= 4 is 11.3 Å². The lowest BCUT2D eigenvalue weighted by molar-refractivity contribution is 0.607. The summed E-state index contributed by atoms with van der Waals surface area (Å²) in [7, 11) is 0. The van der Waals surface area contributed by atoms with Gasteiger partial charge in [-0.2, -0.15) is 0 Å². The molecular weight excluding hydrogens is 226 g/mol. The monoisotopic (exact) mass is 245 g/mol. The van der Waals surface area contributed by atoms with Crippen molar-refractivity contribution in [1.29, 1.82) is 0 Å². The molecule has 0 aliphatic heterocycles. The number of rotatable bonds is 6. The van der Waals surface area contributed by atoms with Gasteiger partial charge < -0.3 is 5.73 Å². The van der Waals surface area contributed by atoms with Crippen molar-refractivity contribution in [2.75, 3.05) is 6.54 Å². The summed E-state index contributed by atoms with van der Waals surface area (Å²) in [5, 5.41) is 2.13. The smallest absolute Gasteiger partial charge is 0.00887 e. The lowest BCUT2D eigenvalue weighted by Gasteiger charge is -2.12. The number of nitrogens with two attached hydrogens (primary N) is 1. The quantitative estimate of drug-likeness (QED) is 0.822. The summed E-state index contributed by atoms with van der Waals surface area (Å²) in [6.07, 6.45) is 3.55. The van der Waals surface area contributed by atoms with Gasteiger partial charge in [0.1, 0.15) is 0 Å². The van der Waals surface area contributed by atoms with Gasteiger partial charge in [0.25, 0.3) is 0 Å². The zero-order valence-corrected chi connectivity index (χ0v) is 10.8. The molecule has 0 spiro atoms. The fourth-order valence-electron chi connectivity index (χ4n) is 2.10. The van der Waals surface area contributed by atoms with Crippen molar-refractivity contribution in [2.24, 2.45) is 5.73 Å². The Morgan fingerprint density at radius 3 is 2.53 bits per heavy atom. The van der Waals surface area contributed by atoms with Crippen LogP contribution in [0.3, 0.4) is 0 Å². The van der Waals surface area contributed by atoms with E-state index in [2.05, 4.69) is 47.8 Å². The third kappa shape index (κ3) is 3.69. The Balaban J connectivity index is 1.81. The second-order valence-corrected chi connectivity index (χ2v) is 5.31. The highest BCUT2D eigenvalue weighted by Crippen LogP contribution is 2.25. The maximum Gasteiger partial charge on any atom is 0.00887 e. The minimum absolute atomic E-state index is 0.540. The molecule has 90 valence electrons. The van der Waals surface area contributed by atoms with Crippen LogP contribution in [0.1, 0.15) is 29.2 Å². The molecule has 0 fully saturated rings. The van der Waals surface area contributed by atoms with Gasteiger partial charge in [-0.15, -0.1) is 11.3 Å². The molecule has 0 radical (unpaired) electrons. The van der Waals surface area contributed by atoms with Crippen LogP contribution in [0.5, 0.6) is 0 Å². The molecule has 0 amide bonds. The second-order valence-electron chi connectivity index (χ2n) is 4.33. The molecule has 0 bridgehead atoms. The van der Waals surface area contributed by atoms with Gasteiger partial charge in [0.2, 0.25) is 0 Å². The summed E-state index contributed by atoms with van der Waals surface area (Å²) in [5.74, 6) is 0.540. The van der Waals surface area contributed by atoms with Crippen molar-refractivity contribution in [3.63, 3.8) is 0 Å². The number of hydrogen-bond acceptors (Lipinski definition) is 2. The van der Waals surface area contributed by atoms with Crippen LogP contribution < -0.4 is 5.73 Å². The van der Waals surface area contributed by atoms with E-state index in [0.717, 1.165) is 13.0 Å². The predicted octanol–water partition coefficient (Wildman–Crippen LogP) is 3.81. The standard InChI is InChI=1S/C15H19NS/c16-12-14(15-10-5-11-17-15)9-4-8-13-6-2-1-3-7-13/h1-3,5-7,10-11,14H,4,8-9,12,16H2. The van der Waals surface area contributed by atoms with Crippen LogP contribution in [0.25, 0.3) is 0 Å². The van der Waals surface area contributed by atoms with Gasteiger partial charge in [-0.1, -0.05) is 36.4 Å². The SMILES string of the molecule is NCC(CCCc1ccccc1)c1cccs1. The molecule has 17 heavy (non-hydrogen) atoms. The van der Waals surface area contributed by atoms with Crippen LogP contribution in [-0.2, 0) is 6.42 Å². The summed E-state index contributed by atoms with van der Waals surface area (Å²) < 4.78 is 0. The minimum Gasteiger partial charge on any atom is -0.330 e. The highest BCUT2D eigenvalue weighted by molar-refractivity contribution is 7.10. The maximum atomic E-state index is 5.85. The fourth-order valence-corrected chi connectivity index (χ4v) is 2.98. The molecule has 2 heteroatoms. The molecule has 0 saturated carbocycles. The highest BCUT2D eigenvalue weighted by Gasteiger charge is 2.10. The normalized spacial score (nSPS) is 12.5. The molecule has 2 N–H and O–H groups in total. The molecule has 1 aromatic carbocycles. The van der Waals surface area contributed by atoms with Crippen LogP contribution in [0.15, 0.2) is 47.8 Å². The Morgan fingerprint density at radius 1 is 1.06 bits per heavy atom. The van der Waals surface area contributed by atoms with Crippen molar-refractivity contribution in [3.05, 3.63) is 58.3 Å². The Labute approximate surface area is 107 Å². The Bertz CT molecular complexity index is 408. The van der Waals surface area contributed by atoms with Gasteiger partial charge in [-0.3, -0.25) is 0 Å². The first-order chi connectivity index (χ1) is 8.40. The zero-order valence-electron chi connectivity index (χ0n) is 10.0. The average molecular weight is 245 g/mol. The third-order valence-electron chi connectivity index (χ3n) is 3.09. The molecule has 1 unspecified atom stereocenters. The molecule has 2 aromatic rings. The summed E-state index contributed by atoms with van der Waals surface area (Å²) in [4.78, 5) is 1.43. The van der Waals surface area contributed by atoms with Crippen molar-refractivity contribution in [1.82, 2.24) is 0 Å². The van der Waals surface area contributed by atoms with Crippen molar-refractivity contribution in [3.8, 4) is 0 Å². The van der Waals surface area contributed by atoms with Gasteiger partial charge >= 0.3 is 0 Å². The third-order valence-corrected chi connectivity index (χ3v) is 4.13. The van der Waals surface area contributed by atoms with Crippen LogP contribution in [0.2, 0.25) is 0 Å². The first-order valence-electron chi connectivity index (χ1n) is 6.17. The van der Waals surface area contributed by atoms with E-state index in [9.17, 15) is 0 Å². The number of hydrogen-bond donors (Lipinski definition) is 1. The number of benzene rings is 1. The fraction of sp³-hybridized carbons (Fsp3) is 0.333. The van der Waals surface area contributed by atoms with Crippen LogP contribution in [0.4, 0.5) is 0 Å². The molecule has 0 aliphatic rings. The van der Waals surface area contributed by atoms with E-state index in [1.165, 1.54) is 23.3 Å². The van der Waals surface area contributed by atoms with E-state index in [1.54, 1.807) is 0 Å². The van der Waals surface area contributed by atoms with Gasteiger partial charge in [-0.25, -0.2) is 0 Å². The van der Waals surface area contributed by atoms with E-state index in [1.807, 2.05) is 11.3 Å². The van der Waals surface area contributed by atoms with Crippen molar-refractivity contribution < 1.29 is 0 Å². The summed E-state index contributed by atoms with van der Waals surface area (Å²) >= 11 is 1.82. The van der Waals surface area contributed by atoms with Gasteiger partial charge in [-0.05, 0) is 42.8 Å². The molecule has 0 aliphatic carbocycles. The average Bonchev–Trinajstić information content (AvgIpc) is 2.90. The molecule has 1 heterocycles. The van der Waals surface area contributed by atoms with E-state index in [-0.39, 0.29) is 0 Å². The molecule has 2 rings (SSSR count). The summed E-state index contributed by atoms with van der Waals surface area (Å²) in [6, 6.07) is 15.0. The first-order valence-corrected chi connectivity index (χ1v) is 7.05. The first kappa shape index (κ1) is 12.3. The molecular formula is C15H19NS. The van der Waals surface area contributed by atoms with E-state index in [4.69, 9.17) is 5.73 Å². The summed E-state index contributed by atoms with van der Waals surface area (Å²) in [5.41, 5.74) is 7.28. The second kappa shape index (κ2) is 6.58. The predicted molar refractivity (Wildman–Crippen MR) is 75.5 cm³/mol. The molecule has 1 atom stereocenters. The molecule has 1 nitrogen and oxygen atoms in total. The number of aryl methyl sites for hydroxylation is 1. The Kier molecular flexibility index (Phi) is 4.77. The largest absolute Gasteiger partial charge is 0.330 e. The summed E-state index contributed by atoms with van der Waals surface area (Å²) in [6.45, 7) is 0.759. The maximum absolute atomic E-state index is 5.85. The Morgan fingerprint density at radius 2 is 1.88 bits per heavy atom. The van der Waals surface area contributed by atoms with Crippen molar-refractivity contribution in [2.45, 2.75) is 25.2 Å².